The van der Waals surface area contributed by atoms with Gasteiger partial charge < -0.3 is 9.64 Å². The molecular weight excluding hydrogens is 154 g/mol. The van der Waals surface area contributed by atoms with Crippen molar-refractivity contribution in [2.45, 2.75) is 21.3 Å². The predicted octanol–water partition coefficient (Wildman–Crippen LogP) is 1.14. The van der Waals surface area contributed by atoms with Crippen LogP contribution in [-0.4, -0.2) is 37.1 Å². The van der Waals surface area contributed by atoms with E-state index in [4.69, 9.17) is 4.74 Å². The molecule has 0 radical (unpaired) electrons. The summed E-state index contributed by atoms with van der Waals surface area (Å²) >= 11 is 0. The van der Waals surface area contributed by atoms with E-state index in [1.807, 2.05) is 18.7 Å². The Balaban J connectivity index is 0.00000121. The molecule has 0 aromatic rings. The van der Waals surface area contributed by atoms with Gasteiger partial charge in [0.15, 0.2) is 0 Å². The highest BCUT2D eigenvalue weighted by Crippen LogP contribution is 2.03. The van der Waals surface area contributed by atoms with E-state index < -0.39 is 0 Å². The van der Waals surface area contributed by atoms with Crippen LogP contribution in [0.4, 0.5) is 0 Å². The van der Waals surface area contributed by atoms with Crippen LogP contribution in [0.5, 0.6) is 0 Å². The van der Waals surface area contributed by atoms with Gasteiger partial charge in [-0.1, -0.05) is 21.3 Å². The summed E-state index contributed by atoms with van der Waals surface area (Å²) in [5, 5.41) is 0. The molecule has 12 heavy (non-hydrogen) atoms. The maximum Gasteiger partial charge on any atom is 0.225 e. The van der Waals surface area contributed by atoms with Crippen LogP contribution in [0.25, 0.3) is 0 Å². The number of rotatable bonds is 1. The molecule has 1 heterocycles. The standard InChI is InChI=1S/C8H15NO2.CH4/c1-7(2)8(10)9-3-5-11-6-4-9;/h7H,3-6H2,1-2H3;1H4. The molecule has 0 unspecified atom stereocenters. The van der Waals surface area contributed by atoms with Crippen molar-refractivity contribution < 1.29 is 9.53 Å². The van der Waals surface area contributed by atoms with Crippen molar-refractivity contribution in [2.24, 2.45) is 5.92 Å². The fourth-order valence-electron chi connectivity index (χ4n) is 1.15. The minimum Gasteiger partial charge on any atom is -0.378 e. The van der Waals surface area contributed by atoms with E-state index >= 15 is 0 Å². The number of hydrogen-bond acceptors (Lipinski definition) is 2. The van der Waals surface area contributed by atoms with Gasteiger partial charge in [0, 0.05) is 19.0 Å². The first-order valence-corrected chi connectivity index (χ1v) is 4.08. The second-order valence-corrected chi connectivity index (χ2v) is 3.09. The highest BCUT2D eigenvalue weighted by molar-refractivity contribution is 5.78. The molecule has 1 saturated heterocycles. The van der Waals surface area contributed by atoms with E-state index in [0.717, 1.165) is 13.1 Å². The highest BCUT2D eigenvalue weighted by atomic mass is 16.5. The Labute approximate surface area is 74.7 Å². The SMILES string of the molecule is C.CC(C)C(=O)N1CCOCC1. The van der Waals surface area contributed by atoms with Crippen molar-refractivity contribution in [2.75, 3.05) is 26.3 Å². The number of morpholine rings is 1. The summed E-state index contributed by atoms with van der Waals surface area (Å²) in [5.74, 6) is 0.362. The molecule has 1 rings (SSSR count). The van der Waals surface area contributed by atoms with Crippen LogP contribution >= 0.6 is 0 Å². The van der Waals surface area contributed by atoms with E-state index in [1.54, 1.807) is 0 Å². The van der Waals surface area contributed by atoms with Crippen LogP contribution in [0.1, 0.15) is 21.3 Å². The third-order valence-corrected chi connectivity index (χ3v) is 1.82. The zero-order chi connectivity index (χ0) is 8.27. The van der Waals surface area contributed by atoms with Crippen LogP contribution in [0, 0.1) is 5.92 Å². The third kappa shape index (κ3) is 2.81. The van der Waals surface area contributed by atoms with E-state index in [9.17, 15) is 4.79 Å². The van der Waals surface area contributed by atoms with Gasteiger partial charge in [-0.25, -0.2) is 0 Å². The summed E-state index contributed by atoms with van der Waals surface area (Å²) < 4.78 is 5.14. The highest BCUT2D eigenvalue weighted by Gasteiger charge is 2.18. The Hall–Kier alpha value is -0.570. The number of carbonyl (C=O) groups excluding carboxylic acids is 1. The van der Waals surface area contributed by atoms with Crippen molar-refractivity contribution in [3.05, 3.63) is 0 Å². The summed E-state index contributed by atoms with van der Waals surface area (Å²) in [7, 11) is 0. The summed E-state index contributed by atoms with van der Waals surface area (Å²) in [6.45, 7) is 6.76. The van der Waals surface area contributed by atoms with E-state index in [1.165, 1.54) is 0 Å². The summed E-state index contributed by atoms with van der Waals surface area (Å²) in [5.41, 5.74) is 0. The molecule has 72 valence electrons. The number of ether oxygens (including phenoxy) is 1. The van der Waals surface area contributed by atoms with E-state index in [2.05, 4.69) is 0 Å². The third-order valence-electron chi connectivity index (χ3n) is 1.82. The zero-order valence-corrected chi connectivity index (χ0v) is 7.17. The topological polar surface area (TPSA) is 29.5 Å². The van der Waals surface area contributed by atoms with Gasteiger partial charge in [-0.3, -0.25) is 4.79 Å². The van der Waals surface area contributed by atoms with Crippen molar-refractivity contribution in [3.63, 3.8) is 0 Å². The van der Waals surface area contributed by atoms with Crippen molar-refractivity contribution >= 4 is 5.91 Å². The van der Waals surface area contributed by atoms with Crippen LogP contribution in [0.3, 0.4) is 0 Å². The number of amides is 1. The summed E-state index contributed by atoms with van der Waals surface area (Å²) in [6, 6.07) is 0. The lowest BCUT2D eigenvalue weighted by Crippen LogP contribution is -2.42. The molecule has 1 aliphatic rings. The van der Waals surface area contributed by atoms with Crippen LogP contribution in [-0.2, 0) is 9.53 Å². The predicted molar refractivity (Wildman–Crippen MR) is 49.0 cm³/mol. The molecule has 0 aliphatic carbocycles. The molecule has 0 bridgehead atoms. The first-order valence-electron chi connectivity index (χ1n) is 4.08. The lowest BCUT2D eigenvalue weighted by molar-refractivity contribution is -0.138. The maximum atomic E-state index is 11.4. The van der Waals surface area contributed by atoms with Crippen molar-refractivity contribution in [1.82, 2.24) is 4.90 Å². The number of hydrogen-bond donors (Lipinski definition) is 0. The van der Waals surface area contributed by atoms with Crippen molar-refractivity contribution in [3.8, 4) is 0 Å². The van der Waals surface area contributed by atoms with Crippen molar-refractivity contribution in [1.29, 1.82) is 0 Å². The Morgan fingerprint density at radius 1 is 1.33 bits per heavy atom. The maximum absolute atomic E-state index is 11.4. The van der Waals surface area contributed by atoms with Gasteiger partial charge in [0.25, 0.3) is 0 Å². The monoisotopic (exact) mass is 173 g/mol. The van der Waals surface area contributed by atoms with Gasteiger partial charge in [0.1, 0.15) is 0 Å². The lowest BCUT2D eigenvalue weighted by atomic mass is 10.2. The van der Waals surface area contributed by atoms with Crippen LogP contribution < -0.4 is 0 Å². The number of nitrogens with zero attached hydrogens (tertiary/aromatic N) is 1. The first kappa shape index (κ1) is 11.4. The molecule has 0 atom stereocenters. The average molecular weight is 173 g/mol. The Kier molecular flexibility index (Phi) is 4.90. The smallest absolute Gasteiger partial charge is 0.225 e. The average Bonchev–Trinajstić information content (AvgIpc) is 2.05. The molecule has 3 nitrogen and oxygen atoms in total. The molecule has 0 saturated carbocycles. The zero-order valence-electron chi connectivity index (χ0n) is 7.17. The molecular formula is C9H19NO2. The molecule has 1 amide bonds. The van der Waals surface area contributed by atoms with Crippen LogP contribution in [0.2, 0.25) is 0 Å². The van der Waals surface area contributed by atoms with E-state index in [-0.39, 0.29) is 19.3 Å². The summed E-state index contributed by atoms with van der Waals surface area (Å²) in [4.78, 5) is 13.2. The lowest BCUT2D eigenvalue weighted by Gasteiger charge is -2.28. The summed E-state index contributed by atoms with van der Waals surface area (Å²) in [6.07, 6.45) is 0. The van der Waals surface area contributed by atoms with E-state index in [0.29, 0.717) is 13.2 Å². The fraction of sp³-hybridized carbons (Fsp3) is 0.889. The largest absolute Gasteiger partial charge is 0.378 e. The number of carbonyl (C=O) groups is 1. The van der Waals surface area contributed by atoms with Gasteiger partial charge in [-0.2, -0.15) is 0 Å². The Morgan fingerprint density at radius 2 is 1.83 bits per heavy atom. The second kappa shape index (κ2) is 5.14. The van der Waals surface area contributed by atoms with Crippen LogP contribution in [0.15, 0.2) is 0 Å². The molecule has 0 aromatic carbocycles. The Bertz CT molecular complexity index is 139. The van der Waals surface area contributed by atoms with Gasteiger partial charge in [0.2, 0.25) is 5.91 Å². The van der Waals surface area contributed by atoms with Gasteiger partial charge in [-0.15, -0.1) is 0 Å². The first-order chi connectivity index (χ1) is 5.22. The van der Waals surface area contributed by atoms with Gasteiger partial charge in [-0.05, 0) is 0 Å². The molecule has 3 heteroatoms. The molecule has 1 fully saturated rings. The molecule has 0 N–H and O–H groups in total. The van der Waals surface area contributed by atoms with Gasteiger partial charge in [0.05, 0.1) is 13.2 Å². The molecule has 0 spiro atoms. The quantitative estimate of drug-likeness (QED) is 0.595. The molecule has 0 aromatic heterocycles. The fourth-order valence-corrected chi connectivity index (χ4v) is 1.15. The Morgan fingerprint density at radius 3 is 2.25 bits per heavy atom. The molecule has 1 aliphatic heterocycles. The van der Waals surface area contributed by atoms with Gasteiger partial charge >= 0.3 is 0 Å². The minimum atomic E-state index is 0. The second-order valence-electron chi connectivity index (χ2n) is 3.09. The normalized spacial score (nSPS) is 17.4. The minimum absolute atomic E-state index is 0.